The number of hydrogen-bond acceptors (Lipinski definition) is 7. The first-order valence-electron chi connectivity index (χ1n) is 10.4. The number of ether oxygens (including phenoxy) is 3. The lowest BCUT2D eigenvalue weighted by molar-refractivity contribution is -0.140. The number of carbonyl (C=O) groups is 2. The second-order valence-corrected chi connectivity index (χ2v) is 7.72. The topological polar surface area (TPSA) is 106 Å². The zero-order valence-electron chi connectivity index (χ0n) is 17.9. The number of phenolic OH excluding ortho intramolecular Hbond substituents is 1. The fourth-order valence-corrected chi connectivity index (χ4v) is 4.29. The minimum Gasteiger partial charge on any atom is -0.507 e. The first kappa shape index (κ1) is 21.7. The first-order chi connectivity index (χ1) is 15.5. The maximum atomic E-state index is 13.1. The van der Waals surface area contributed by atoms with Gasteiger partial charge in [-0.05, 0) is 42.7 Å². The summed E-state index contributed by atoms with van der Waals surface area (Å²) in [6, 6.07) is 10.5. The Balaban J connectivity index is 1.87. The van der Waals surface area contributed by atoms with Gasteiger partial charge in [0.05, 0.1) is 37.5 Å². The van der Waals surface area contributed by atoms with Crippen molar-refractivity contribution in [3.8, 4) is 17.2 Å². The molecule has 8 nitrogen and oxygen atoms in total. The highest BCUT2D eigenvalue weighted by Gasteiger charge is 2.47. The summed E-state index contributed by atoms with van der Waals surface area (Å²) in [6.45, 7) is 0.800. The number of phenols is 1. The van der Waals surface area contributed by atoms with Crippen molar-refractivity contribution in [2.75, 3.05) is 27.4 Å². The number of amides is 1. The molecule has 2 fully saturated rings. The molecule has 2 saturated heterocycles. The van der Waals surface area contributed by atoms with Gasteiger partial charge in [-0.3, -0.25) is 9.59 Å². The van der Waals surface area contributed by atoms with Gasteiger partial charge in [-0.15, -0.1) is 0 Å². The molecule has 168 valence electrons. The molecule has 0 saturated carbocycles. The van der Waals surface area contributed by atoms with Crippen LogP contribution in [-0.2, 0) is 14.3 Å². The molecule has 2 unspecified atom stereocenters. The lowest BCUT2D eigenvalue weighted by Crippen LogP contribution is -2.36. The van der Waals surface area contributed by atoms with Gasteiger partial charge in [-0.25, -0.2) is 0 Å². The summed E-state index contributed by atoms with van der Waals surface area (Å²) in [5.41, 5.74) is 0.701. The molecule has 2 aliphatic heterocycles. The number of aromatic hydroxyl groups is 1. The predicted molar refractivity (Wildman–Crippen MR) is 116 cm³/mol. The van der Waals surface area contributed by atoms with Crippen LogP contribution in [0, 0.1) is 0 Å². The number of ketones is 1. The summed E-state index contributed by atoms with van der Waals surface area (Å²) in [7, 11) is 2.89. The Morgan fingerprint density at radius 1 is 1.12 bits per heavy atom. The van der Waals surface area contributed by atoms with Gasteiger partial charge in [0.15, 0.2) is 11.5 Å². The minimum absolute atomic E-state index is 0.0675. The molecule has 4 rings (SSSR count). The maximum Gasteiger partial charge on any atom is 0.295 e. The standard InChI is InChI=1S/C24H25NO7/c1-30-18-8-4-3-7-16(18)22(27)20-21(14-9-10-19(31-2)17(26)12-14)25(24(29)23(20)28)13-15-6-5-11-32-15/h3-4,7-10,12,15,21,26-27H,5-6,11,13H2,1-2H3/b22-20-. The van der Waals surface area contributed by atoms with Crippen LogP contribution in [0.2, 0.25) is 0 Å². The van der Waals surface area contributed by atoms with Gasteiger partial charge in [-0.1, -0.05) is 18.2 Å². The largest absolute Gasteiger partial charge is 0.507 e. The van der Waals surface area contributed by atoms with E-state index in [2.05, 4.69) is 0 Å². The van der Waals surface area contributed by atoms with Gasteiger partial charge >= 0.3 is 0 Å². The Kier molecular flexibility index (Phi) is 6.05. The zero-order valence-corrected chi connectivity index (χ0v) is 17.9. The number of likely N-dealkylation sites (tertiary alicyclic amines) is 1. The van der Waals surface area contributed by atoms with Crippen molar-refractivity contribution in [3.63, 3.8) is 0 Å². The number of hydrogen-bond donors (Lipinski definition) is 2. The van der Waals surface area contributed by atoms with Gasteiger partial charge in [0.2, 0.25) is 0 Å². The number of Topliss-reactive ketones (excluding diaryl/α,β-unsaturated/α-hetero) is 1. The van der Waals surface area contributed by atoms with E-state index in [1.54, 1.807) is 36.4 Å². The molecule has 2 N–H and O–H groups in total. The van der Waals surface area contributed by atoms with Crippen LogP contribution in [0.25, 0.3) is 5.76 Å². The summed E-state index contributed by atoms with van der Waals surface area (Å²) in [5.74, 6) is -1.37. The normalized spacial score (nSPS) is 22.4. The van der Waals surface area contributed by atoms with Crippen LogP contribution >= 0.6 is 0 Å². The molecule has 2 heterocycles. The number of aliphatic hydroxyl groups excluding tert-OH is 1. The molecule has 1 amide bonds. The van der Waals surface area contributed by atoms with Crippen LogP contribution in [0.1, 0.15) is 30.0 Å². The van der Waals surface area contributed by atoms with Crippen LogP contribution in [0.5, 0.6) is 17.2 Å². The highest BCUT2D eigenvalue weighted by Crippen LogP contribution is 2.43. The number of methoxy groups -OCH3 is 2. The SMILES string of the molecule is COc1ccc(C2/C(=C(/O)c3ccccc3OC)C(=O)C(=O)N2CC2CCCO2)cc1O. The van der Waals surface area contributed by atoms with Crippen LogP contribution < -0.4 is 9.47 Å². The van der Waals surface area contributed by atoms with Crippen molar-refractivity contribution in [1.29, 1.82) is 0 Å². The molecular weight excluding hydrogens is 414 g/mol. The van der Waals surface area contributed by atoms with Crippen LogP contribution in [0.4, 0.5) is 0 Å². The minimum atomic E-state index is -0.902. The molecule has 0 bridgehead atoms. The third-order valence-corrected chi connectivity index (χ3v) is 5.85. The summed E-state index contributed by atoms with van der Waals surface area (Å²) < 4.78 is 16.1. The maximum absolute atomic E-state index is 13.1. The van der Waals surface area contributed by atoms with Crippen molar-refractivity contribution in [2.45, 2.75) is 25.0 Å². The highest BCUT2D eigenvalue weighted by atomic mass is 16.5. The summed E-state index contributed by atoms with van der Waals surface area (Å²) in [4.78, 5) is 27.6. The number of para-hydroxylation sites is 1. The zero-order chi connectivity index (χ0) is 22.8. The van der Waals surface area contributed by atoms with Gasteiger partial charge < -0.3 is 29.3 Å². The number of carbonyl (C=O) groups excluding carboxylic acids is 2. The van der Waals surface area contributed by atoms with Crippen molar-refractivity contribution in [3.05, 3.63) is 59.2 Å². The fourth-order valence-electron chi connectivity index (χ4n) is 4.29. The molecule has 2 atom stereocenters. The van der Waals surface area contributed by atoms with Gasteiger partial charge in [0, 0.05) is 13.2 Å². The number of benzene rings is 2. The number of rotatable bonds is 6. The van der Waals surface area contributed by atoms with E-state index in [0.717, 1.165) is 12.8 Å². The number of nitrogens with zero attached hydrogens (tertiary/aromatic N) is 1. The first-order valence-corrected chi connectivity index (χ1v) is 10.4. The van der Waals surface area contributed by atoms with E-state index in [4.69, 9.17) is 14.2 Å². The van der Waals surface area contributed by atoms with E-state index in [1.807, 2.05) is 0 Å². The van der Waals surface area contributed by atoms with Crippen molar-refractivity contribution < 1.29 is 34.0 Å². The van der Waals surface area contributed by atoms with E-state index < -0.39 is 17.7 Å². The monoisotopic (exact) mass is 439 g/mol. The van der Waals surface area contributed by atoms with E-state index in [9.17, 15) is 19.8 Å². The molecule has 2 aliphatic rings. The van der Waals surface area contributed by atoms with Crippen molar-refractivity contribution >= 4 is 17.4 Å². The average molecular weight is 439 g/mol. The molecule has 0 aliphatic carbocycles. The third kappa shape index (κ3) is 3.78. The molecular formula is C24H25NO7. The Morgan fingerprint density at radius 2 is 1.88 bits per heavy atom. The Morgan fingerprint density at radius 3 is 2.53 bits per heavy atom. The third-order valence-electron chi connectivity index (χ3n) is 5.85. The Labute approximate surface area is 185 Å². The number of aliphatic hydroxyl groups is 1. The van der Waals surface area contributed by atoms with Crippen molar-refractivity contribution in [2.24, 2.45) is 0 Å². The van der Waals surface area contributed by atoms with Crippen LogP contribution in [0.15, 0.2) is 48.0 Å². The Bertz CT molecular complexity index is 1070. The molecule has 0 radical (unpaired) electrons. The lowest BCUT2D eigenvalue weighted by atomic mass is 9.94. The lowest BCUT2D eigenvalue weighted by Gasteiger charge is -2.27. The Hall–Kier alpha value is -3.52. The quantitative estimate of drug-likeness (QED) is 0.405. The van der Waals surface area contributed by atoms with E-state index in [0.29, 0.717) is 23.5 Å². The van der Waals surface area contributed by atoms with E-state index in [-0.39, 0.29) is 35.5 Å². The average Bonchev–Trinajstić information content (AvgIpc) is 3.41. The fraction of sp³-hybridized carbons (Fsp3) is 0.333. The molecule has 2 aromatic carbocycles. The van der Waals surface area contributed by atoms with E-state index in [1.165, 1.54) is 25.2 Å². The molecule has 0 aromatic heterocycles. The van der Waals surface area contributed by atoms with Crippen LogP contribution in [-0.4, -0.2) is 60.3 Å². The second-order valence-electron chi connectivity index (χ2n) is 7.72. The van der Waals surface area contributed by atoms with Crippen molar-refractivity contribution in [1.82, 2.24) is 4.90 Å². The molecule has 32 heavy (non-hydrogen) atoms. The highest BCUT2D eigenvalue weighted by molar-refractivity contribution is 6.46. The second kappa shape index (κ2) is 8.92. The van der Waals surface area contributed by atoms with Gasteiger partial charge in [0.1, 0.15) is 11.5 Å². The summed E-state index contributed by atoms with van der Waals surface area (Å²) in [5, 5.41) is 21.5. The van der Waals surface area contributed by atoms with Gasteiger partial charge in [-0.2, -0.15) is 0 Å². The van der Waals surface area contributed by atoms with Gasteiger partial charge in [0.25, 0.3) is 11.7 Å². The molecule has 8 heteroatoms. The van der Waals surface area contributed by atoms with E-state index >= 15 is 0 Å². The smallest absolute Gasteiger partial charge is 0.295 e. The predicted octanol–water partition coefficient (Wildman–Crippen LogP) is 3.01. The molecule has 0 spiro atoms. The molecule has 2 aromatic rings. The summed E-state index contributed by atoms with van der Waals surface area (Å²) >= 11 is 0. The van der Waals surface area contributed by atoms with Crippen LogP contribution in [0.3, 0.4) is 0 Å². The summed E-state index contributed by atoms with van der Waals surface area (Å²) in [6.07, 6.45) is 1.45.